The van der Waals surface area contributed by atoms with Crippen LogP contribution in [0.4, 0.5) is 5.00 Å². The number of nitrogens with one attached hydrogen (secondary N) is 2. The second-order valence-electron chi connectivity index (χ2n) is 7.18. The summed E-state index contributed by atoms with van der Waals surface area (Å²) in [5.41, 5.74) is 8.59. The molecule has 0 radical (unpaired) electrons. The van der Waals surface area contributed by atoms with Gasteiger partial charge in [-0.2, -0.15) is 0 Å². The highest BCUT2D eigenvalue weighted by Gasteiger charge is 2.31. The lowest BCUT2D eigenvalue weighted by atomic mass is 9.95. The fraction of sp³-hybridized carbons (Fsp3) is 0.474. The van der Waals surface area contributed by atoms with E-state index in [-0.39, 0.29) is 5.91 Å². The molecule has 1 aliphatic heterocycles. The van der Waals surface area contributed by atoms with Crippen LogP contribution < -0.4 is 16.0 Å². The van der Waals surface area contributed by atoms with Crippen molar-refractivity contribution in [3.63, 3.8) is 0 Å². The van der Waals surface area contributed by atoms with Crippen molar-refractivity contribution in [3.8, 4) is 0 Å². The van der Waals surface area contributed by atoms with Crippen molar-refractivity contribution in [3.05, 3.63) is 37.9 Å². The van der Waals surface area contributed by atoms with Crippen LogP contribution in [-0.4, -0.2) is 24.9 Å². The lowest BCUT2D eigenvalue weighted by molar-refractivity contribution is -0.923. The summed E-state index contributed by atoms with van der Waals surface area (Å²) in [6, 6.07) is 2.50. The third-order valence-corrected chi connectivity index (χ3v) is 7.79. The van der Waals surface area contributed by atoms with Crippen molar-refractivity contribution in [1.82, 2.24) is 0 Å². The second kappa shape index (κ2) is 7.13. The number of fused-ring (bicyclic) bond motifs is 2. The molecule has 0 saturated carbocycles. The molecule has 1 aliphatic carbocycles. The highest BCUT2D eigenvalue weighted by Crippen LogP contribution is 2.37. The van der Waals surface area contributed by atoms with Gasteiger partial charge in [-0.25, -0.2) is 0 Å². The van der Waals surface area contributed by atoms with Gasteiger partial charge in [0.1, 0.15) is 11.0 Å². The summed E-state index contributed by atoms with van der Waals surface area (Å²) in [7, 11) is 0. The number of carbonyl (C=O) groups is 2. The number of primary amides is 1. The molecule has 2 aromatic rings. The van der Waals surface area contributed by atoms with Gasteiger partial charge in [0.05, 0.1) is 12.1 Å². The average Bonchev–Trinajstić information content (AvgIpc) is 3.21. The van der Waals surface area contributed by atoms with E-state index < -0.39 is 5.91 Å². The summed E-state index contributed by atoms with van der Waals surface area (Å²) in [5.74, 6) is -0.465. The first kappa shape index (κ1) is 17.7. The number of hydrogen-bond acceptors (Lipinski definition) is 4. The summed E-state index contributed by atoms with van der Waals surface area (Å²) in [6.45, 7) is 3.56. The van der Waals surface area contributed by atoms with E-state index in [2.05, 4.69) is 23.7 Å². The molecule has 0 saturated heterocycles. The Labute approximate surface area is 161 Å². The number of quaternary nitrogens is 1. The first-order chi connectivity index (χ1) is 12.5. The predicted octanol–water partition coefficient (Wildman–Crippen LogP) is 1.93. The maximum absolute atomic E-state index is 12.7. The highest BCUT2D eigenvalue weighted by molar-refractivity contribution is 7.17. The number of anilines is 1. The molecule has 26 heavy (non-hydrogen) atoms. The molecule has 1 unspecified atom stereocenters. The van der Waals surface area contributed by atoms with Crippen LogP contribution in [0.1, 0.15) is 57.0 Å². The third-order valence-electron chi connectivity index (χ3n) is 5.59. The fourth-order valence-corrected chi connectivity index (χ4v) is 6.47. The molecule has 2 atom stereocenters. The smallest absolute Gasteiger partial charge is 0.280 e. The van der Waals surface area contributed by atoms with Crippen molar-refractivity contribution in [2.75, 3.05) is 18.4 Å². The molecule has 3 heterocycles. The molecule has 7 heteroatoms. The van der Waals surface area contributed by atoms with E-state index in [1.54, 1.807) is 0 Å². The van der Waals surface area contributed by atoms with E-state index in [9.17, 15) is 9.59 Å². The van der Waals surface area contributed by atoms with Crippen LogP contribution in [-0.2, 0) is 24.1 Å². The standard InChI is InChI=1S/C19H23N3O2S2/c1-11-12-7-9-25-14(12)6-8-22(11)10-16(23)21-19-17(18(20)24)13-4-2-3-5-15(13)26-19/h7,9,11H,2-6,8,10H2,1H3,(H2,20,24)(H,21,23)/p+1/t11-/m1/s1. The summed E-state index contributed by atoms with van der Waals surface area (Å²) in [6.07, 6.45) is 5.11. The summed E-state index contributed by atoms with van der Waals surface area (Å²) in [5, 5.41) is 5.78. The van der Waals surface area contributed by atoms with Gasteiger partial charge in [-0.1, -0.05) is 0 Å². The van der Waals surface area contributed by atoms with Gasteiger partial charge in [-0.15, -0.1) is 22.7 Å². The van der Waals surface area contributed by atoms with Crippen molar-refractivity contribution in [1.29, 1.82) is 0 Å². The maximum Gasteiger partial charge on any atom is 0.280 e. The molecule has 2 amide bonds. The van der Waals surface area contributed by atoms with E-state index in [1.165, 1.54) is 31.6 Å². The maximum atomic E-state index is 12.7. The number of carbonyl (C=O) groups excluding carboxylic acids is 2. The Hall–Kier alpha value is -1.70. The highest BCUT2D eigenvalue weighted by atomic mass is 32.1. The Bertz CT molecular complexity index is 855. The average molecular weight is 391 g/mol. The van der Waals surface area contributed by atoms with Gasteiger partial charge in [0, 0.05) is 21.7 Å². The van der Waals surface area contributed by atoms with E-state index in [0.29, 0.717) is 23.2 Å². The summed E-state index contributed by atoms with van der Waals surface area (Å²) < 4.78 is 0. The van der Waals surface area contributed by atoms with Gasteiger partial charge in [0.25, 0.3) is 11.8 Å². The van der Waals surface area contributed by atoms with Crippen molar-refractivity contribution < 1.29 is 14.5 Å². The molecule has 2 aromatic heterocycles. The van der Waals surface area contributed by atoms with Crippen LogP contribution in [0.3, 0.4) is 0 Å². The van der Waals surface area contributed by atoms with Crippen LogP contribution in [0.25, 0.3) is 0 Å². The number of rotatable bonds is 4. The van der Waals surface area contributed by atoms with Crippen LogP contribution in [0.2, 0.25) is 0 Å². The molecular weight excluding hydrogens is 366 g/mol. The first-order valence-corrected chi connectivity index (χ1v) is 10.9. The predicted molar refractivity (Wildman–Crippen MR) is 105 cm³/mol. The Morgan fingerprint density at radius 1 is 1.27 bits per heavy atom. The number of aryl methyl sites for hydroxylation is 1. The molecular formula is C19H24N3O2S2+. The fourth-order valence-electron chi connectivity index (χ4n) is 4.18. The molecule has 2 aliphatic rings. The second-order valence-corrected chi connectivity index (χ2v) is 9.29. The Kier molecular flexibility index (Phi) is 4.86. The topological polar surface area (TPSA) is 76.6 Å². The van der Waals surface area contributed by atoms with Gasteiger partial charge in [-0.05, 0) is 49.6 Å². The van der Waals surface area contributed by atoms with Crippen LogP contribution in [0.15, 0.2) is 11.4 Å². The van der Waals surface area contributed by atoms with Gasteiger partial charge < -0.3 is 16.0 Å². The normalized spacial score (nSPS) is 21.7. The van der Waals surface area contributed by atoms with E-state index in [1.807, 2.05) is 11.3 Å². The van der Waals surface area contributed by atoms with Crippen molar-refractivity contribution in [2.24, 2.45) is 5.73 Å². The van der Waals surface area contributed by atoms with Gasteiger partial charge in [-0.3, -0.25) is 9.59 Å². The molecule has 0 spiro atoms. The number of amides is 2. The minimum Gasteiger partial charge on any atom is -0.365 e. The van der Waals surface area contributed by atoms with E-state index >= 15 is 0 Å². The van der Waals surface area contributed by atoms with Crippen LogP contribution >= 0.6 is 22.7 Å². The van der Waals surface area contributed by atoms with Crippen LogP contribution in [0, 0.1) is 0 Å². The molecule has 4 rings (SSSR count). The van der Waals surface area contributed by atoms with Crippen molar-refractivity contribution >= 4 is 39.5 Å². The Balaban J connectivity index is 1.49. The zero-order chi connectivity index (χ0) is 18.3. The van der Waals surface area contributed by atoms with Gasteiger partial charge >= 0.3 is 0 Å². The largest absolute Gasteiger partial charge is 0.365 e. The van der Waals surface area contributed by atoms with E-state index in [0.717, 1.165) is 44.2 Å². The number of hydrogen-bond donors (Lipinski definition) is 3. The minimum absolute atomic E-state index is 0.0355. The third kappa shape index (κ3) is 3.19. The molecule has 0 fully saturated rings. The van der Waals surface area contributed by atoms with Gasteiger partial charge in [0.15, 0.2) is 6.54 Å². The quantitative estimate of drug-likeness (QED) is 0.746. The lowest BCUT2D eigenvalue weighted by Gasteiger charge is -2.29. The molecule has 5 nitrogen and oxygen atoms in total. The Morgan fingerprint density at radius 3 is 2.88 bits per heavy atom. The van der Waals surface area contributed by atoms with Crippen LogP contribution in [0.5, 0.6) is 0 Å². The van der Waals surface area contributed by atoms with Gasteiger partial charge in [0.2, 0.25) is 0 Å². The number of thiophene rings is 2. The molecule has 4 N–H and O–H groups in total. The molecule has 138 valence electrons. The SMILES string of the molecule is C[C@@H]1c2ccsc2CC[NH+]1CC(=O)Nc1sc2c(c1C(N)=O)CCCC2. The summed E-state index contributed by atoms with van der Waals surface area (Å²) in [4.78, 5) is 28.6. The summed E-state index contributed by atoms with van der Waals surface area (Å²) >= 11 is 3.34. The minimum atomic E-state index is -0.429. The monoisotopic (exact) mass is 390 g/mol. The lowest BCUT2D eigenvalue weighted by Crippen LogP contribution is -3.14. The zero-order valence-corrected chi connectivity index (χ0v) is 16.5. The zero-order valence-electron chi connectivity index (χ0n) is 14.9. The molecule has 0 bridgehead atoms. The molecule has 0 aromatic carbocycles. The Morgan fingerprint density at radius 2 is 2.08 bits per heavy atom. The van der Waals surface area contributed by atoms with Crippen molar-refractivity contribution in [2.45, 2.75) is 45.1 Å². The number of nitrogens with two attached hydrogens (primary N) is 1. The first-order valence-electron chi connectivity index (χ1n) is 9.19. The van der Waals surface area contributed by atoms with E-state index in [4.69, 9.17) is 5.73 Å².